The average Bonchev–Trinajstić information content (AvgIpc) is 1.25. The summed E-state index contributed by atoms with van der Waals surface area (Å²) >= 11 is 0. The Hall–Kier alpha value is -5.88. The summed E-state index contributed by atoms with van der Waals surface area (Å²) in [6, 6.07) is 29.5. The summed E-state index contributed by atoms with van der Waals surface area (Å²) in [5.74, 6) is 0. The van der Waals surface area contributed by atoms with Crippen LogP contribution in [0.1, 0.15) is 297 Å². The molecule has 6 nitrogen and oxygen atoms in total. The van der Waals surface area contributed by atoms with Crippen molar-refractivity contribution < 1.29 is 0 Å². The fourth-order valence-corrected chi connectivity index (χ4v) is 16.1. The second kappa shape index (κ2) is 32.7. The standard InChI is InChI=1S/C82H108N2O4/c1-5-9-13-17-21-25-29-33-37-45-61(46-38-34-30-26-22-18-14-10-6-2)83-79(85)75-65-51-43-41-49-63(65)69-57-59-53-54-60-58-70-64-50-42-44-52-66(64)76-78(74(70)68-56-55-67(71(59)72(60)68)73(69)77(75)81(83)87)82(88)84(80(76)86)62(47-39-35-31-27-23-19-15-11-7-3)48-40-36-32-28-24-20-16-12-8-4/h41-44,49-58,61-62H,5-40,45-48H2,1-4H3. The van der Waals surface area contributed by atoms with Crippen molar-refractivity contribution in [3.05, 3.63) is 126 Å². The van der Waals surface area contributed by atoms with E-state index >= 15 is 19.2 Å². The molecule has 0 saturated heterocycles. The van der Waals surface area contributed by atoms with Crippen molar-refractivity contribution in [2.24, 2.45) is 0 Å². The first-order chi connectivity index (χ1) is 43.3. The van der Waals surface area contributed by atoms with Crippen LogP contribution in [0.25, 0.3) is 97.0 Å². The highest BCUT2D eigenvalue weighted by Gasteiger charge is 2.29. The largest absolute Gasteiger partial charge is 0.271 e. The molecule has 0 saturated carbocycles. The lowest BCUT2D eigenvalue weighted by atomic mass is 9.85. The lowest BCUT2D eigenvalue weighted by molar-refractivity contribution is 0.383. The smallest absolute Gasteiger partial charge is 0.262 e. The number of rotatable bonds is 42. The third-order valence-corrected chi connectivity index (χ3v) is 20.9. The molecule has 0 bridgehead atoms. The lowest BCUT2D eigenvalue weighted by Gasteiger charge is -2.18. The predicted molar refractivity (Wildman–Crippen MR) is 384 cm³/mol. The molecule has 0 N–H and O–H groups in total. The van der Waals surface area contributed by atoms with Gasteiger partial charge in [-0.3, -0.25) is 28.3 Å². The molecule has 6 heteroatoms. The molecule has 0 spiro atoms. The highest BCUT2D eigenvalue weighted by molar-refractivity contribution is 6.42. The second-order valence-corrected chi connectivity index (χ2v) is 27.3. The van der Waals surface area contributed by atoms with Gasteiger partial charge in [-0.15, -0.1) is 0 Å². The molecule has 2 heterocycles. The first-order valence-corrected chi connectivity index (χ1v) is 36.6. The summed E-state index contributed by atoms with van der Waals surface area (Å²) in [5.41, 5.74) is -0.589. The minimum atomic E-state index is -0.159. The maximum atomic E-state index is 15.8. The van der Waals surface area contributed by atoms with Crippen LogP contribution in [0, 0.1) is 0 Å². The lowest BCUT2D eigenvalue weighted by Crippen LogP contribution is -2.30. The number of aromatic nitrogens is 2. The first kappa shape index (κ1) is 65.1. The number of hydrogen-bond acceptors (Lipinski definition) is 4. The van der Waals surface area contributed by atoms with Gasteiger partial charge in [-0.2, -0.15) is 0 Å². The first-order valence-electron chi connectivity index (χ1n) is 36.6. The van der Waals surface area contributed by atoms with Crippen LogP contribution >= 0.6 is 0 Å². The van der Waals surface area contributed by atoms with Gasteiger partial charge in [-0.05, 0) is 102 Å². The zero-order valence-electron chi connectivity index (χ0n) is 55.0. The average molecular weight is 1190 g/mol. The van der Waals surface area contributed by atoms with Gasteiger partial charge < -0.3 is 0 Å². The van der Waals surface area contributed by atoms with E-state index in [4.69, 9.17) is 0 Å². The van der Waals surface area contributed by atoms with Crippen molar-refractivity contribution in [1.82, 2.24) is 9.13 Å². The molecule has 0 atom stereocenters. The number of unbranched alkanes of at least 4 members (excludes halogenated alkanes) is 32. The van der Waals surface area contributed by atoms with Crippen molar-refractivity contribution in [2.45, 2.75) is 297 Å². The molecule has 10 rings (SSSR count). The molecule has 0 amide bonds. The van der Waals surface area contributed by atoms with E-state index in [0.717, 1.165) is 152 Å². The molecule has 0 aliphatic heterocycles. The second-order valence-electron chi connectivity index (χ2n) is 27.3. The number of benzene rings is 8. The molecule has 10 aromatic rings. The summed E-state index contributed by atoms with van der Waals surface area (Å²) in [4.78, 5) is 62.6. The summed E-state index contributed by atoms with van der Waals surface area (Å²) in [7, 11) is 0. The Morgan fingerprint density at radius 2 is 0.489 bits per heavy atom. The molecular formula is C82H108N2O4. The maximum absolute atomic E-state index is 15.8. The van der Waals surface area contributed by atoms with Crippen molar-refractivity contribution in [2.75, 3.05) is 0 Å². The van der Waals surface area contributed by atoms with Gasteiger partial charge in [0.05, 0.1) is 21.5 Å². The van der Waals surface area contributed by atoms with E-state index in [9.17, 15) is 0 Å². The number of hydrogen-bond donors (Lipinski definition) is 0. The zero-order valence-corrected chi connectivity index (χ0v) is 55.0. The summed E-state index contributed by atoms with van der Waals surface area (Å²) in [6.07, 6.45) is 47.7. The minimum Gasteiger partial charge on any atom is -0.271 e. The molecule has 0 fully saturated rings. The predicted octanol–water partition coefficient (Wildman–Crippen LogP) is 24.2. The fourth-order valence-electron chi connectivity index (χ4n) is 16.1. The van der Waals surface area contributed by atoms with Crippen LogP contribution in [0.2, 0.25) is 0 Å². The Kier molecular flexibility index (Phi) is 24.2. The highest BCUT2D eigenvalue weighted by atomic mass is 16.2. The monoisotopic (exact) mass is 1180 g/mol. The fraction of sp³-hybridized carbons (Fsp3) is 0.561. The van der Waals surface area contributed by atoms with Gasteiger partial charge in [-0.25, -0.2) is 0 Å². The third-order valence-electron chi connectivity index (χ3n) is 20.9. The Morgan fingerprint density at radius 3 is 0.773 bits per heavy atom. The Morgan fingerprint density at radius 1 is 0.239 bits per heavy atom. The van der Waals surface area contributed by atoms with Crippen LogP contribution < -0.4 is 22.2 Å². The third kappa shape index (κ3) is 14.5. The van der Waals surface area contributed by atoms with Gasteiger partial charge in [-0.1, -0.05) is 332 Å². The minimum absolute atomic E-state index is 0.143. The molecule has 470 valence electrons. The summed E-state index contributed by atoms with van der Waals surface area (Å²) in [5, 5.41) is 15.6. The summed E-state index contributed by atoms with van der Waals surface area (Å²) < 4.78 is 3.44. The van der Waals surface area contributed by atoms with Crippen LogP contribution in [-0.4, -0.2) is 9.13 Å². The van der Waals surface area contributed by atoms with E-state index in [0.29, 0.717) is 21.5 Å². The van der Waals surface area contributed by atoms with Gasteiger partial charge in [0.15, 0.2) is 0 Å². The van der Waals surface area contributed by atoms with Gasteiger partial charge >= 0.3 is 0 Å². The number of fused-ring (bicyclic) bond motifs is 14. The molecule has 0 aliphatic rings. The van der Waals surface area contributed by atoms with E-state index in [2.05, 4.69) is 100 Å². The van der Waals surface area contributed by atoms with Crippen LogP contribution in [0.5, 0.6) is 0 Å². The Balaban J connectivity index is 1.08. The molecule has 8 aromatic carbocycles. The Bertz CT molecular complexity index is 3770. The molecule has 0 aliphatic carbocycles. The van der Waals surface area contributed by atoms with Crippen LogP contribution in [0.15, 0.2) is 104 Å². The van der Waals surface area contributed by atoms with Crippen LogP contribution in [-0.2, 0) is 0 Å². The van der Waals surface area contributed by atoms with Gasteiger partial charge in [0, 0.05) is 22.9 Å². The SMILES string of the molecule is CCCCCCCCCCCC(CCCCCCCCCCC)n1c(=O)c2c3ccccc3c3cc4ccc5cc6c7ccccc7c7c(=O)n(C(CCCCCCCCCCC)CCCCCCCCCCC)c(=O)c7c6c6ccc(c3c2c1=O)c4c56. The van der Waals surface area contributed by atoms with Crippen molar-refractivity contribution >= 4 is 97.0 Å². The van der Waals surface area contributed by atoms with Crippen molar-refractivity contribution in [3.63, 3.8) is 0 Å². The topological polar surface area (TPSA) is 78.1 Å². The summed E-state index contributed by atoms with van der Waals surface area (Å²) in [6.45, 7) is 9.10. The van der Waals surface area contributed by atoms with E-state index < -0.39 is 0 Å². The van der Waals surface area contributed by atoms with Gasteiger partial charge in [0.25, 0.3) is 22.2 Å². The molecular weight excluding hydrogens is 1080 g/mol. The molecule has 2 aromatic heterocycles. The zero-order chi connectivity index (χ0) is 61.2. The van der Waals surface area contributed by atoms with Gasteiger partial charge in [0.1, 0.15) is 0 Å². The van der Waals surface area contributed by atoms with E-state index in [1.165, 1.54) is 180 Å². The quantitative estimate of drug-likeness (QED) is 0.0217. The maximum Gasteiger partial charge on any atom is 0.262 e. The van der Waals surface area contributed by atoms with Crippen molar-refractivity contribution in [1.29, 1.82) is 0 Å². The van der Waals surface area contributed by atoms with E-state index in [1.54, 1.807) is 9.13 Å². The van der Waals surface area contributed by atoms with Crippen LogP contribution in [0.3, 0.4) is 0 Å². The van der Waals surface area contributed by atoms with Crippen molar-refractivity contribution in [3.8, 4) is 0 Å². The van der Waals surface area contributed by atoms with E-state index in [1.807, 2.05) is 12.1 Å². The van der Waals surface area contributed by atoms with Crippen LogP contribution in [0.4, 0.5) is 0 Å². The molecule has 0 radical (unpaired) electrons. The normalized spacial score (nSPS) is 12.5. The van der Waals surface area contributed by atoms with Gasteiger partial charge in [0.2, 0.25) is 0 Å². The molecule has 88 heavy (non-hydrogen) atoms. The molecule has 0 unspecified atom stereocenters. The van der Waals surface area contributed by atoms with E-state index in [-0.39, 0.29) is 34.3 Å². The highest BCUT2D eigenvalue weighted by Crippen LogP contribution is 2.47. The Labute approximate surface area is 526 Å². The number of nitrogens with zero attached hydrogens (tertiary/aromatic N) is 2.